The van der Waals surface area contributed by atoms with Gasteiger partial charge in [0.2, 0.25) is 5.91 Å². The zero-order chi connectivity index (χ0) is 15.1. The van der Waals surface area contributed by atoms with Gasteiger partial charge in [-0.05, 0) is 33.3 Å². The molecule has 0 bridgehead atoms. The Bertz CT molecular complexity index is 494. The monoisotopic (exact) mass is 296 g/mol. The van der Waals surface area contributed by atoms with Crippen LogP contribution in [0.25, 0.3) is 6.08 Å². The first-order valence-electron chi connectivity index (χ1n) is 6.52. The van der Waals surface area contributed by atoms with Crippen molar-refractivity contribution in [3.8, 4) is 0 Å². The highest BCUT2D eigenvalue weighted by Gasteiger charge is 2.14. The number of carboxylic acid groups (broad SMARTS) is 1. The van der Waals surface area contributed by atoms with Crippen LogP contribution < -0.4 is 0 Å². The summed E-state index contributed by atoms with van der Waals surface area (Å²) in [6.45, 7) is 6.19. The number of carbonyl (C=O) groups is 2. The summed E-state index contributed by atoms with van der Waals surface area (Å²) in [5.41, 5.74) is 0.773. The lowest BCUT2D eigenvalue weighted by Crippen LogP contribution is -2.36. The van der Waals surface area contributed by atoms with Gasteiger partial charge in [0, 0.05) is 30.5 Å². The number of aromatic nitrogens is 1. The number of hydrogen-bond donors (Lipinski definition) is 1. The van der Waals surface area contributed by atoms with Crippen LogP contribution in [0.15, 0.2) is 11.5 Å². The van der Waals surface area contributed by atoms with Crippen molar-refractivity contribution >= 4 is 29.3 Å². The van der Waals surface area contributed by atoms with Crippen LogP contribution in [0.5, 0.6) is 0 Å². The molecule has 5 nitrogen and oxygen atoms in total. The van der Waals surface area contributed by atoms with Crippen LogP contribution in [0.1, 0.15) is 37.4 Å². The maximum Gasteiger partial charge on any atom is 0.303 e. The number of thiazole rings is 1. The van der Waals surface area contributed by atoms with Crippen molar-refractivity contribution in [2.45, 2.75) is 39.7 Å². The van der Waals surface area contributed by atoms with E-state index in [0.717, 1.165) is 10.7 Å². The lowest BCUT2D eigenvalue weighted by molar-refractivity contribution is -0.138. The fourth-order valence-corrected chi connectivity index (χ4v) is 2.31. The fraction of sp³-hybridized carbons (Fsp3) is 0.500. The minimum atomic E-state index is -0.838. The molecule has 0 unspecified atom stereocenters. The number of aliphatic carboxylic acids is 1. The maximum absolute atomic E-state index is 12.1. The Morgan fingerprint density at radius 3 is 2.70 bits per heavy atom. The molecule has 1 aromatic rings. The van der Waals surface area contributed by atoms with E-state index in [1.54, 1.807) is 11.0 Å². The Morgan fingerprint density at radius 1 is 1.50 bits per heavy atom. The molecule has 0 aromatic carbocycles. The molecule has 110 valence electrons. The van der Waals surface area contributed by atoms with Crippen LogP contribution in [0.2, 0.25) is 0 Å². The molecule has 0 radical (unpaired) electrons. The topological polar surface area (TPSA) is 70.5 Å². The van der Waals surface area contributed by atoms with E-state index < -0.39 is 5.97 Å². The zero-order valence-electron chi connectivity index (χ0n) is 12.0. The summed E-state index contributed by atoms with van der Waals surface area (Å²) in [6, 6.07) is 0.0399. The summed E-state index contributed by atoms with van der Waals surface area (Å²) < 4.78 is 0. The number of carbonyl (C=O) groups excluding carboxylic acids is 1. The molecule has 1 aromatic heterocycles. The third-order valence-electron chi connectivity index (χ3n) is 2.73. The molecule has 20 heavy (non-hydrogen) atoms. The Kier molecular flexibility index (Phi) is 6.38. The SMILES string of the molecule is Cc1nc(/C=C/C(=O)N(CCCC(=O)O)C(C)C)cs1. The number of amides is 1. The summed E-state index contributed by atoms with van der Waals surface area (Å²) in [4.78, 5) is 28.5. The quantitative estimate of drug-likeness (QED) is 0.785. The number of aryl methyl sites for hydroxylation is 1. The minimum absolute atomic E-state index is 0.0399. The summed E-state index contributed by atoms with van der Waals surface area (Å²) in [6.07, 6.45) is 3.72. The van der Waals surface area contributed by atoms with E-state index in [1.807, 2.05) is 26.2 Å². The van der Waals surface area contributed by atoms with Gasteiger partial charge in [-0.3, -0.25) is 9.59 Å². The summed E-state index contributed by atoms with van der Waals surface area (Å²) in [5.74, 6) is -0.953. The van der Waals surface area contributed by atoms with E-state index in [0.29, 0.717) is 13.0 Å². The largest absolute Gasteiger partial charge is 0.481 e. The maximum atomic E-state index is 12.1. The van der Waals surface area contributed by atoms with Gasteiger partial charge in [-0.15, -0.1) is 11.3 Å². The van der Waals surface area contributed by atoms with Gasteiger partial charge in [-0.25, -0.2) is 4.98 Å². The second-order valence-electron chi connectivity index (χ2n) is 4.75. The van der Waals surface area contributed by atoms with Gasteiger partial charge in [-0.2, -0.15) is 0 Å². The lowest BCUT2D eigenvalue weighted by Gasteiger charge is -2.25. The van der Waals surface area contributed by atoms with Crippen molar-refractivity contribution in [1.29, 1.82) is 0 Å². The van der Waals surface area contributed by atoms with Crippen LogP contribution >= 0.6 is 11.3 Å². The summed E-state index contributed by atoms with van der Waals surface area (Å²) in [7, 11) is 0. The minimum Gasteiger partial charge on any atom is -0.481 e. The highest BCUT2D eigenvalue weighted by Crippen LogP contribution is 2.10. The van der Waals surface area contributed by atoms with Crippen LogP contribution in [0.4, 0.5) is 0 Å². The highest BCUT2D eigenvalue weighted by atomic mass is 32.1. The number of carboxylic acids is 1. The molecule has 1 amide bonds. The molecule has 0 aliphatic carbocycles. The highest BCUT2D eigenvalue weighted by molar-refractivity contribution is 7.09. The molecule has 0 saturated heterocycles. The van der Waals surface area contributed by atoms with Gasteiger partial charge in [0.25, 0.3) is 0 Å². The third kappa shape index (κ3) is 5.52. The van der Waals surface area contributed by atoms with Gasteiger partial charge in [-0.1, -0.05) is 0 Å². The van der Waals surface area contributed by atoms with E-state index in [1.165, 1.54) is 17.4 Å². The second-order valence-corrected chi connectivity index (χ2v) is 5.81. The van der Waals surface area contributed by atoms with E-state index in [9.17, 15) is 9.59 Å². The summed E-state index contributed by atoms with van der Waals surface area (Å²) in [5, 5.41) is 11.5. The molecule has 0 spiro atoms. The Morgan fingerprint density at radius 2 is 2.20 bits per heavy atom. The molecule has 0 saturated carbocycles. The van der Waals surface area contributed by atoms with Gasteiger partial charge in [0.1, 0.15) is 0 Å². The number of rotatable bonds is 7. The van der Waals surface area contributed by atoms with E-state index in [-0.39, 0.29) is 18.4 Å². The van der Waals surface area contributed by atoms with Crippen molar-refractivity contribution < 1.29 is 14.7 Å². The Labute approximate surface area is 122 Å². The summed E-state index contributed by atoms with van der Waals surface area (Å²) >= 11 is 1.54. The molecule has 1 N–H and O–H groups in total. The van der Waals surface area contributed by atoms with Crippen LogP contribution in [-0.2, 0) is 9.59 Å². The average molecular weight is 296 g/mol. The molecule has 0 atom stereocenters. The Hall–Kier alpha value is -1.69. The van der Waals surface area contributed by atoms with E-state index >= 15 is 0 Å². The molecular weight excluding hydrogens is 276 g/mol. The van der Waals surface area contributed by atoms with Crippen molar-refractivity contribution in [3.05, 3.63) is 22.2 Å². The zero-order valence-corrected chi connectivity index (χ0v) is 12.8. The number of hydrogen-bond acceptors (Lipinski definition) is 4. The Balaban J connectivity index is 2.59. The predicted molar refractivity (Wildman–Crippen MR) is 79.6 cm³/mol. The smallest absolute Gasteiger partial charge is 0.303 e. The van der Waals surface area contributed by atoms with Crippen LogP contribution in [-0.4, -0.2) is 39.5 Å². The first kappa shape index (κ1) is 16.4. The predicted octanol–water partition coefficient (Wildman–Crippen LogP) is 2.57. The van der Waals surface area contributed by atoms with Crippen molar-refractivity contribution in [2.24, 2.45) is 0 Å². The fourth-order valence-electron chi connectivity index (χ4n) is 1.73. The first-order valence-corrected chi connectivity index (χ1v) is 7.40. The van der Waals surface area contributed by atoms with Crippen molar-refractivity contribution in [2.75, 3.05) is 6.54 Å². The molecule has 1 heterocycles. The molecule has 1 rings (SSSR count). The van der Waals surface area contributed by atoms with Crippen molar-refractivity contribution in [3.63, 3.8) is 0 Å². The number of nitrogens with zero attached hydrogens (tertiary/aromatic N) is 2. The standard InChI is InChI=1S/C14H20N2O3S/c1-10(2)16(8-4-5-14(18)19)13(17)7-6-12-9-20-11(3)15-12/h6-7,9-10H,4-5,8H2,1-3H3,(H,18,19)/b7-6+. The van der Waals surface area contributed by atoms with Crippen LogP contribution in [0, 0.1) is 6.92 Å². The molecule has 0 aliphatic heterocycles. The van der Waals surface area contributed by atoms with Gasteiger partial charge >= 0.3 is 5.97 Å². The van der Waals surface area contributed by atoms with Crippen molar-refractivity contribution in [1.82, 2.24) is 9.88 Å². The van der Waals surface area contributed by atoms with Gasteiger partial charge < -0.3 is 10.0 Å². The average Bonchev–Trinajstić information content (AvgIpc) is 2.77. The van der Waals surface area contributed by atoms with Crippen LogP contribution in [0.3, 0.4) is 0 Å². The second kappa shape index (κ2) is 7.79. The van der Waals surface area contributed by atoms with Gasteiger partial charge in [0.15, 0.2) is 0 Å². The first-order chi connectivity index (χ1) is 9.40. The van der Waals surface area contributed by atoms with E-state index in [4.69, 9.17) is 5.11 Å². The third-order valence-corrected chi connectivity index (χ3v) is 3.52. The normalized spacial score (nSPS) is 11.2. The molecule has 0 aliphatic rings. The molecular formula is C14H20N2O3S. The van der Waals surface area contributed by atoms with E-state index in [2.05, 4.69) is 4.98 Å². The van der Waals surface area contributed by atoms with Gasteiger partial charge in [0.05, 0.1) is 10.7 Å². The molecule has 6 heteroatoms. The lowest BCUT2D eigenvalue weighted by atomic mass is 10.2. The molecule has 0 fully saturated rings.